The number of rotatable bonds is 2. The Hall–Kier alpha value is -2.68. The number of aromatic nitrogens is 3. The summed E-state index contributed by atoms with van der Waals surface area (Å²) in [6, 6.07) is 16.6. The first-order chi connectivity index (χ1) is 10.3. The molecule has 0 aliphatic carbocycles. The van der Waals surface area contributed by atoms with Gasteiger partial charge in [-0.15, -0.1) is 0 Å². The van der Waals surface area contributed by atoms with Crippen LogP contribution in [-0.4, -0.2) is 15.0 Å². The van der Waals surface area contributed by atoms with Crippen LogP contribution in [0.3, 0.4) is 0 Å². The zero-order valence-corrected chi connectivity index (χ0v) is 11.8. The van der Waals surface area contributed by atoms with Crippen LogP contribution in [0, 0.1) is 0 Å². The van der Waals surface area contributed by atoms with E-state index in [1.165, 1.54) is 10.9 Å². The van der Waals surface area contributed by atoms with Crippen molar-refractivity contribution >= 4 is 21.8 Å². The van der Waals surface area contributed by atoms with E-state index in [-0.39, 0.29) is 0 Å². The van der Waals surface area contributed by atoms with Crippen LogP contribution in [0.15, 0.2) is 54.7 Å². The fraction of sp³-hybridized carbons (Fsp3) is 0.111. The van der Waals surface area contributed by atoms with Crippen molar-refractivity contribution in [3.8, 4) is 11.5 Å². The van der Waals surface area contributed by atoms with Crippen LogP contribution in [0.5, 0.6) is 0 Å². The summed E-state index contributed by atoms with van der Waals surface area (Å²) in [5.74, 6) is 0.829. The Morgan fingerprint density at radius 2 is 1.95 bits per heavy atom. The highest BCUT2D eigenvalue weighted by Gasteiger charge is 2.10. The number of fused-ring (bicyclic) bond motifs is 2. The van der Waals surface area contributed by atoms with E-state index in [1.807, 2.05) is 24.4 Å². The van der Waals surface area contributed by atoms with E-state index in [4.69, 9.17) is 4.98 Å². The lowest BCUT2D eigenvalue weighted by Gasteiger charge is -2.01. The zero-order chi connectivity index (χ0) is 14.2. The number of benzene rings is 2. The molecule has 0 unspecified atom stereocenters. The molecule has 3 nitrogen and oxygen atoms in total. The fourth-order valence-electron chi connectivity index (χ4n) is 2.70. The van der Waals surface area contributed by atoms with E-state index >= 15 is 0 Å². The lowest BCUT2D eigenvalue weighted by atomic mass is 10.1. The van der Waals surface area contributed by atoms with Crippen LogP contribution in [0.25, 0.3) is 33.3 Å². The van der Waals surface area contributed by atoms with Crippen molar-refractivity contribution in [1.82, 2.24) is 15.0 Å². The van der Waals surface area contributed by atoms with Gasteiger partial charge in [-0.2, -0.15) is 0 Å². The molecule has 0 aliphatic rings. The summed E-state index contributed by atoms with van der Waals surface area (Å²) in [5, 5.41) is 2.30. The Balaban J connectivity index is 1.96. The van der Waals surface area contributed by atoms with Crippen LogP contribution < -0.4 is 0 Å². The summed E-state index contributed by atoms with van der Waals surface area (Å²) in [4.78, 5) is 12.6. The number of hydrogen-bond acceptors (Lipinski definition) is 2. The standard InChI is InChI=1S/C18H15N3/c1-2-12-7-8-15-16(11-12)21-18(20-15)17-14-6-4-3-5-13(14)9-10-19-17/h3-11H,2H2,1H3,(H,20,21). The van der Waals surface area contributed by atoms with Crippen molar-refractivity contribution in [2.24, 2.45) is 0 Å². The Kier molecular flexibility index (Phi) is 2.71. The van der Waals surface area contributed by atoms with Gasteiger partial charge in [-0.3, -0.25) is 4.98 Å². The second kappa shape index (κ2) is 4.70. The van der Waals surface area contributed by atoms with Gasteiger partial charge in [0.25, 0.3) is 0 Å². The van der Waals surface area contributed by atoms with Gasteiger partial charge < -0.3 is 4.98 Å². The molecular formula is C18H15N3. The first-order valence-corrected chi connectivity index (χ1v) is 7.18. The quantitative estimate of drug-likeness (QED) is 0.590. The molecule has 2 aromatic heterocycles. The van der Waals surface area contributed by atoms with Gasteiger partial charge in [0.15, 0.2) is 5.82 Å². The van der Waals surface area contributed by atoms with Crippen molar-refractivity contribution < 1.29 is 0 Å². The normalized spacial score (nSPS) is 11.3. The minimum Gasteiger partial charge on any atom is -0.337 e. The van der Waals surface area contributed by atoms with Crippen molar-refractivity contribution in [1.29, 1.82) is 0 Å². The van der Waals surface area contributed by atoms with E-state index < -0.39 is 0 Å². The minimum atomic E-state index is 0.829. The van der Waals surface area contributed by atoms with E-state index in [2.05, 4.69) is 47.2 Å². The molecule has 0 saturated carbocycles. The Labute approximate surface area is 122 Å². The first-order valence-electron chi connectivity index (χ1n) is 7.18. The van der Waals surface area contributed by atoms with E-state index in [9.17, 15) is 0 Å². The molecule has 0 fully saturated rings. The highest BCUT2D eigenvalue weighted by molar-refractivity contribution is 5.94. The average Bonchev–Trinajstić information content (AvgIpc) is 2.97. The topological polar surface area (TPSA) is 41.6 Å². The number of nitrogens with one attached hydrogen (secondary N) is 1. The third-order valence-corrected chi connectivity index (χ3v) is 3.85. The number of pyridine rings is 1. The minimum absolute atomic E-state index is 0.829. The smallest absolute Gasteiger partial charge is 0.157 e. The maximum Gasteiger partial charge on any atom is 0.157 e. The summed E-state index contributed by atoms with van der Waals surface area (Å²) >= 11 is 0. The molecule has 1 N–H and O–H groups in total. The maximum absolute atomic E-state index is 4.69. The van der Waals surface area contributed by atoms with Crippen molar-refractivity contribution in [3.63, 3.8) is 0 Å². The Bertz CT molecular complexity index is 932. The van der Waals surface area contributed by atoms with Crippen molar-refractivity contribution in [3.05, 3.63) is 60.3 Å². The average molecular weight is 273 g/mol. The second-order valence-corrected chi connectivity index (χ2v) is 5.17. The van der Waals surface area contributed by atoms with Gasteiger partial charge in [0.05, 0.1) is 11.0 Å². The third kappa shape index (κ3) is 1.98. The van der Waals surface area contributed by atoms with Gasteiger partial charge in [0.2, 0.25) is 0 Å². The molecule has 21 heavy (non-hydrogen) atoms. The fourth-order valence-corrected chi connectivity index (χ4v) is 2.70. The summed E-state index contributed by atoms with van der Waals surface area (Å²) in [5.41, 5.74) is 4.27. The third-order valence-electron chi connectivity index (χ3n) is 3.85. The van der Waals surface area contributed by atoms with Gasteiger partial charge in [-0.1, -0.05) is 37.3 Å². The number of aryl methyl sites for hydroxylation is 1. The first kappa shape index (κ1) is 12.1. The monoisotopic (exact) mass is 273 g/mol. The maximum atomic E-state index is 4.69. The molecule has 4 rings (SSSR count). The van der Waals surface area contributed by atoms with Gasteiger partial charge in [0, 0.05) is 11.6 Å². The molecule has 0 amide bonds. The second-order valence-electron chi connectivity index (χ2n) is 5.17. The molecule has 0 aliphatic heterocycles. The molecule has 0 saturated heterocycles. The van der Waals surface area contributed by atoms with Crippen LogP contribution >= 0.6 is 0 Å². The highest BCUT2D eigenvalue weighted by atomic mass is 14.9. The number of imidazole rings is 1. The predicted octanol–water partition coefficient (Wildman–Crippen LogP) is 4.34. The molecule has 0 radical (unpaired) electrons. The van der Waals surface area contributed by atoms with Crippen LogP contribution in [0.2, 0.25) is 0 Å². The largest absolute Gasteiger partial charge is 0.337 e. The molecule has 0 atom stereocenters. The molecule has 0 bridgehead atoms. The molecule has 4 aromatic rings. The van der Waals surface area contributed by atoms with Gasteiger partial charge >= 0.3 is 0 Å². The summed E-state index contributed by atoms with van der Waals surface area (Å²) in [7, 11) is 0. The molecule has 0 spiro atoms. The van der Waals surface area contributed by atoms with Crippen LogP contribution in [-0.2, 0) is 6.42 Å². The number of hydrogen-bond donors (Lipinski definition) is 1. The van der Waals surface area contributed by atoms with Crippen LogP contribution in [0.4, 0.5) is 0 Å². The number of aromatic amines is 1. The zero-order valence-electron chi connectivity index (χ0n) is 11.8. The van der Waals surface area contributed by atoms with Crippen LogP contribution in [0.1, 0.15) is 12.5 Å². The summed E-state index contributed by atoms with van der Waals surface area (Å²) < 4.78 is 0. The summed E-state index contributed by atoms with van der Waals surface area (Å²) in [6.45, 7) is 2.16. The highest BCUT2D eigenvalue weighted by Crippen LogP contribution is 2.26. The lowest BCUT2D eigenvalue weighted by molar-refractivity contribution is 1.14. The Morgan fingerprint density at radius 1 is 1.05 bits per heavy atom. The SMILES string of the molecule is CCc1ccc2nc(-c3nccc4ccccc34)[nH]c2c1. The summed E-state index contributed by atoms with van der Waals surface area (Å²) in [6.07, 6.45) is 2.86. The van der Waals surface area contributed by atoms with E-state index in [0.717, 1.165) is 34.4 Å². The molecule has 2 heterocycles. The Morgan fingerprint density at radius 3 is 2.86 bits per heavy atom. The van der Waals surface area contributed by atoms with Gasteiger partial charge in [-0.05, 0) is 35.6 Å². The molecular weight excluding hydrogens is 258 g/mol. The number of nitrogens with zero attached hydrogens (tertiary/aromatic N) is 2. The molecule has 2 aromatic carbocycles. The van der Waals surface area contributed by atoms with Crippen molar-refractivity contribution in [2.75, 3.05) is 0 Å². The number of H-pyrrole nitrogens is 1. The lowest BCUT2D eigenvalue weighted by Crippen LogP contribution is -1.87. The van der Waals surface area contributed by atoms with E-state index in [0.29, 0.717) is 0 Å². The predicted molar refractivity (Wildman–Crippen MR) is 86.2 cm³/mol. The molecule has 102 valence electrons. The van der Waals surface area contributed by atoms with Gasteiger partial charge in [0.1, 0.15) is 5.69 Å². The van der Waals surface area contributed by atoms with E-state index in [1.54, 1.807) is 0 Å². The molecule has 3 heteroatoms. The van der Waals surface area contributed by atoms with Crippen molar-refractivity contribution in [2.45, 2.75) is 13.3 Å². The van der Waals surface area contributed by atoms with Gasteiger partial charge in [-0.25, -0.2) is 4.98 Å².